The first kappa shape index (κ1) is 10.6. The van der Waals surface area contributed by atoms with Crippen LogP contribution in [0.4, 0.5) is 0 Å². The van der Waals surface area contributed by atoms with Crippen molar-refractivity contribution in [2.45, 2.75) is 13.0 Å². The molecular weight excluding hydrogens is 166 g/mol. The van der Waals surface area contributed by atoms with Crippen molar-refractivity contribution in [3.63, 3.8) is 0 Å². The molecule has 0 heterocycles. The molecule has 4 heteroatoms. The van der Waals surface area contributed by atoms with Crippen LogP contribution in [0.5, 0.6) is 0 Å². The Morgan fingerprint density at radius 2 is 2.10 bits per heavy atom. The van der Waals surface area contributed by atoms with Crippen LogP contribution < -0.4 is 4.72 Å². The van der Waals surface area contributed by atoms with Gasteiger partial charge in [-0.3, -0.25) is 4.72 Å². The van der Waals surface area contributed by atoms with Crippen molar-refractivity contribution >= 4 is 20.9 Å². The summed E-state index contributed by atoms with van der Waals surface area (Å²) in [7, 11) is 0.826. The van der Waals surface area contributed by atoms with Crippen LogP contribution in [0.2, 0.25) is 0 Å². The number of hydrogen-bond acceptors (Lipinski definition) is 3. The maximum absolute atomic E-state index is 4.97. The average molecular weight is 183 g/mol. The highest BCUT2D eigenvalue weighted by Gasteiger charge is 2.08. The van der Waals surface area contributed by atoms with E-state index in [1.54, 1.807) is 7.11 Å². The zero-order valence-corrected chi connectivity index (χ0v) is 8.76. The van der Waals surface area contributed by atoms with Gasteiger partial charge in [-0.15, -0.1) is 20.9 Å². The molecular formula is C6H17NOS2. The molecule has 0 bridgehead atoms. The first-order chi connectivity index (χ1) is 4.45. The summed E-state index contributed by atoms with van der Waals surface area (Å²) < 4.78 is 8.31. The molecule has 10 heavy (non-hydrogen) atoms. The second kappa shape index (κ2) is 4.49. The number of thiol groups is 1. The lowest BCUT2D eigenvalue weighted by atomic mass is 10.4. The summed E-state index contributed by atoms with van der Waals surface area (Å²) in [6.45, 7) is 2.84. The van der Waals surface area contributed by atoms with E-state index in [0.29, 0.717) is 6.04 Å². The highest BCUT2D eigenvalue weighted by molar-refractivity contribution is 8.86. The number of nitrogens with one attached hydrogen (secondary N) is 1. The molecule has 0 saturated heterocycles. The summed E-state index contributed by atoms with van der Waals surface area (Å²) in [4.78, 5) is 0. The molecule has 0 rings (SSSR count). The van der Waals surface area contributed by atoms with E-state index < -0.39 is 9.25 Å². The standard InChI is InChI=1S/C6H17NOS2/c1-6(5-8-2)7-10(3,4)9/h6-7,9H,5H2,1-4H3. The normalized spacial score (nSPS) is 16.9. The summed E-state index contributed by atoms with van der Waals surface area (Å²) in [6.07, 6.45) is 4.20. The van der Waals surface area contributed by atoms with Gasteiger partial charge >= 0.3 is 0 Å². The van der Waals surface area contributed by atoms with E-state index in [4.69, 9.17) is 4.74 Å². The molecule has 0 aliphatic heterocycles. The van der Waals surface area contributed by atoms with Gasteiger partial charge in [0, 0.05) is 13.2 Å². The summed E-state index contributed by atoms with van der Waals surface area (Å²) in [6, 6.07) is 0.396. The van der Waals surface area contributed by atoms with Crippen molar-refractivity contribution in [1.82, 2.24) is 4.72 Å². The number of methoxy groups -OCH3 is 1. The zero-order valence-electron chi connectivity index (χ0n) is 7.05. The summed E-state index contributed by atoms with van der Waals surface area (Å²) >= 11 is 4.40. The molecule has 1 atom stereocenters. The number of ether oxygens (including phenoxy) is 1. The molecule has 0 aliphatic rings. The predicted molar refractivity (Wildman–Crippen MR) is 52.9 cm³/mol. The van der Waals surface area contributed by atoms with Crippen molar-refractivity contribution in [3.05, 3.63) is 0 Å². The van der Waals surface area contributed by atoms with Crippen molar-refractivity contribution < 1.29 is 4.74 Å². The quantitative estimate of drug-likeness (QED) is 0.508. The largest absolute Gasteiger partial charge is 0.383 e. The van der Waals surface area contributed by atoms with Gasteiger partial charge in [0.1, 0.15) is 0 Å². The highest BCUT2D eigenvalue weighted by atomic mass is 33.1. The van der Waals surface area contributed by atoms with Crippen molar-refractivity contribution in [2.24, 2.45) is 0 Å². The molecule has 0 aromatic heterocycles. The molecule has 2 nitrogen and oxygen atoms in total. The van der Waals surface area contributed by atoms with Crippen LogP contribution in [0, 0.1) is 0 Å². The summed E-state index contributed by atoms with van der Waals surface area (Å²) in [5, 5.41) is 0. The second-order valence-corrected chi connectivity index (χ2v) is 8.27. The van der Waals surface area contributed by atoms with Crippen molar-refractivity contribution in [2.75, 3.05) is 26.2 Å². The fourth-order valence-corrected chi connectivity index (χ4v) is 2.37. The first-order valence-corrected chi connectivity index (χ1v) is 6.68. The maximum Gasteiger partial charge on any atom is 0.0621 e. The van der Waals surface area contributed by atoms with Gasteiger partial charge in [0.05, 0.1) is 6.61 Å². The third-order valence-corrected chi connectivity index (χ3v) is 2.20. The maximum atomic E-state index is 4.97. The Bertz CT molecular complexity index is 92.2. The molecule has 0 saturated carbocycles. The minimum Gasteiger partial charge on any atom is -0.383 e. The fourth-order valence-electron chi connectivity index (χ4n) is 0.776. The molecule has 0 aromatic rings. The third kappa shape index (κ3) is 6.74. The summed E-state index contributed by atoms with van der Waals surface area (Å²) in [5.41, 5.74) is 0. The van der Waals surface area contributed by atoms with Gasteiger partial charge < -0.3 is 4.74 Å². The Morgan fingerprint density at radius 3 is 2.40 bits per heavy atom. The van der Waals surface area contributed by atoms with E-state index in [1.807, 2.05) is 0 Å². The second-order valence-electron chi connectivity index (χ2n) is 2.75. The van der Waals surface area contributed by atoms with E-state index in [-0.39, 0.29) is 0 Å². The molecule has 1 unspecified atom stereocenters. The lowest BCUT2D eigenvalue weighted by Crippen LogP contribution is -2.29. The van der Waals surface area contributed by atoms with E-state index in [1.165, 1.54) is 0 Å². The van der Waals surface area contributed by atoms with Gasteiger partial charge in [-0.25, -0.2) is 0 Å². The van der Waals surface area contributed by atoms with Gasteiger partial charge in [-0.1, -0.05) is 0 Å². The molecule has 0 spiro atoms. The Hall–Kier alpha value is 0.620. The Labute approximate surface area is 70.0 Å². The van der Waals surface area contributed by atoms with E-state index in [9.17, 15) is 0 Å². The molecule has 0 aromatic carbocycles. The molecule has 0 amide bonds. The predicted octanol–water partition coefficient (Wildman–Crippen LogP) is 1.43. The number of hydrogen-bond donors (Lipinski definition) is 2. The van der Waals surface area contributed by atoms with Gasteiger partial charge in [-0.2, -0.15) is 0 Å². The van der Waals surface area contributed by atoms with Crippen LogP contribution in [-0.2, 0) is 4.74 Å². The van der Waals surface area contributed by atoms with Crippen LogP contribution in [0.25, 0.3) is 0 Å². The van der Waals surface area contributed by atoms with E-state index in [0.717, 1.165) is 6.61 Å². The molecule has 64 valence electrons. The smallest absolute Gasteiger partial charge is 0.0621 e. The third-order valence-electron chi connectivity index (χ3n) is 0.906. The van der Waals surface area contributed by atoms with Crippen molar-refractivity contribution in [3.8, 4) is 0 Å². The lowest BCUT2D eigenvalue weighted by Gasteiger charge is -2.29. The Morgan fingerprint density at radius 1 is 1.60 bits per heavy atom. The average Bonchev–Trinajstić information content (AvgIpc) is 1.59. The molecule has 0 aliphatic carbocycles. The van der Waals surface area contributed by atoms with Gasteiger partial charge in [0.25, 0.3) is 0 Å². The van der Waals surface area contributed by atoms with Gasteiger partial charge in [0.2, 0.25) is 0 Å². The fraction of sp³-hybridized carbons (Fsp3) is 1.00. The SMILES string of the molecule is COCC(C)NS(C)(C)S. The minimum absolute atomic E-state index is 0.396. The monoisotopic (exact) mass is 183 g/mol. The van der Waals surface area contributed by atoms with Crippen LogP contribution in [0.3, 0.4) is 0 Å². The lowest BCUT2D eigenvalue weighted by molar-refractivity contribution is 0.181. The topological polar surface area (TPSA) is 21.3 Å². The van der Waals surface area contributed by atoms with E-state index >= 15 is 0 Å². The molecule has 0 radical (unpaired) electrons. The minimum atomic E-state index is -0.881. The van der Waals surface area contributed by atoms with Gasteiger partial charge in [0.15, 0.2) is 0 Å². The molecule has 0 fully saturated rings. The summed E-state index contributed by atoms with van der Waals surface area (Å²) in [5.74, 6) is 0. The number of rotatable bonds is 4. The van der Waals surface area contributed by atoms with Gasteiger partial charge in [-0.05, 0) is 19.4 Å². The van der Waals surface area contributed by atoms with Crippen LogP contribution >= 0.6 is 20.9 Å². The first-order valence-electron chi connectivity index (χ1n) is 3.17. The van der Waals surface area contributed by atoms with Crippen LogP contribution in [0.1, 0.15) is 6.92 Å². The Kier molecular flexibility index (Phi) is 4.77. The molecule has 1 N–H and O–H groups in total. The van der Waals surface area contributed by atoms with Crippen molar-refractivity contribution in [1.29, 1.82) is 0 Å². The van der Waals surface area contributed by atoms with Crippen LogP contribution in [-0.4, -0.2) is 32.3 Å². The van der Waals surface area contributed by atoms with Crippen LogP contribution in [0.15, 0.2) is 0 Å². The van der Waals surface area contributed by atoms with E-state index in [2.05, 4.69) is 35.8 Å². The highest BCUT2D eigenvalue weighted by Crippen LogP contribution is 2.39. The Balaban J connectivity index is 3.47. The zero-order chi connectivity index (χ0) is 8.20.